The van der Waals surface area contributed by atoms with E-state index in [2.05, 4.69) is 0 Å². The largest absolute Gasteiger partial charge is 0.477 e. The zero-order valence-electron chi connectivity index (χ0n) is 12.2. The van der Waals surface area contributed by atoms with Crippen molar-refractivity contribution in [1.82, 2.24) is 0 Å². The van der Waals surface area contributed by atoms with Gasteiger partial charge in [-0.25, -0.2) is 4.79 Å². The lowest BCUT2D eigenvalue weighted by molar-refractivity contribution is -0.240. The molecule has 0 aliphatic heterocycles. The summed E-state index contributed by atoms with van der Waals surface area (Å²) in [6.45, 7) is 2.37. The molecule has 9 heteroatoms. The minimum absolute atomic E-state index is 0.104. The summed E-state index contributed by atoms with van der Waals surface area (Å²) < 4.78 is 20.3. The molecule has 124 valence electrons. The fourth-order valence-electron chi connectivity index (χ4n) is 1.38. The van der Waals surface area contributed by atoms with Crippen LogP contribution >= 0.6 is 0 Å². The van der Waals surface area contributed by atoms with E-state index in [0.717, 1.165) is 6.92 Å². The molecule has 0 saturated carbocycles. The smallest absolute Gasteiger partial charge is 0.372 e. The highest BCUT2D eigenvalue weighted by Crippen LogP contribution is 2.15. The van der Waals surface area contributed by atoms with Gasteiger partial charge in [0.25, 0.3) is 0 Å². The number of nitrogens with two attached hydrogens (primary N) is 2. The first-order valence-corrected chi connectivity index (χ1v) is 6.59. The molecule has 0 amide bonds. The first-order valence-electron chi connectivity index (χ1n) is 6.59. The quantitative estimate of drug-likeness (QED) is 0.195. The van der Waals surface area contributed by atoms with Gasteiger partial charge in [-0.2, -0.15) is 0 Å². The Balaban J connectivity index is 4.40. The van der Waals surface area contributed by atoms with Crippen molar-refractivity contribution < 1.29 is 33.6 Å². The molecule has 0 aromatic carbocycles. The van der Waals surface area contributed by atoms with Gasteiger partial charge in [0.15, 0.2) is 0 Å². The molecule has 0 rings (SSSR count). The Morgan fingerprint density at radius 1 is 0.905 bits per heavy atom. The number of hydrogen-bond acceptors (Lipinski definition) is 8. The Morgan fingerprint density at radius 2 is 1.33 bits per heavy atom. The first kappa shape index (κ1) is 19.9. The summed E-state index contributed by atoms with van der Waals surface area (Å²) in [5.41, 5.74) is 10.5. The maximum atomic E-state index is 11.6. The number of carboxylic acid groups (broad SMARTS) is 1. The minimum atomic E-state index is -2.35. The van der Waals surface area contributed by atoms with Gasteiger partial charge in [0.2, 0.25) is 5.78 Å². The summed E-state index contributed by atoms with van der Waals surface area (Å²) in [4.78, 5) is 22.9. The molecule has 0 aliphatic rings. The van der Waals surface area contributed by atoms with Gasteiger partial charge in [-0.15, -0.1) is 0 Å². The van der Waals surface area contributed by atoms with Crippen LogP contribution in [0.5, 0.6) is 0 Å². The molecule has 0 spiro atoms. The van der Waals surface area contributed by atoms with Crippen LogP contribution < -0.4 is 11.5 Å². The fraction of sp³-hybridized carbons (Fsp3) is 0.833. The number of ketones is 1. The second kappa shape index (κ2) is 11.5. The van der Waals surface area contributed by atoms with Gasteiger partial charge in [-0.3, -0.25) is 4.79 Å². The van der Waals surface area contributed by atoms with Crippen molar-refractivity contribution in [3.05, 3.63) is 0 Å². The number of aliphatic carboxylic acids is 1. The number of Topliss-reactive ketones (excluding diaryl/α,β-unsaturated/α-hetero) is 1. The highest BCUT2D eigenvalue weighted by atomic mass is 16.7. The molecule has 0 radical (unpaired) electrons. The standard InChI is InChI=1S/C12H24N2O7/c1-10(15)12(11(16)17,20-8-6-18-4-2-13)21-9-7-19-5-3-14/h2-9,13-14H2,1H3,(H,16,17). The topological polar surface area (TPSA) is 143 Å². The van der Waals surface area contributed by atoms with Gasteiger partial charge >= 0.3 is 11.8 Å². The molecular weight excluding hydrogens is 284 g/mol. The summed E-state index contributed by atoms with van der Waals surface area (Å²) in [7, 11) is 0. The molecule has 5 N–H and O–H groups in total. The van der Waals surface area contributed by atoms with Crippen LogP contribution in [0, 0.1) is 0 Å². The maximum absolute atomic E-state index is 11.6. The molecule has 9 nitrogen and oxygen atoms in total. The Morgan fingerprint density at radius 3 is 1.62 bits per heavy atom. The third-order valence-electron chi connectivity index (χ3n) is 2.34. The second-order valence-corrected chi connectivity index (χ2v) is 3.98. The predicted molar refractivity (Wildman–Crippen MR) is 72.7 cm³/mol. The molecule has 0 heterocycles. The van der Waals surface area contributed by atoms with E-state index in [1.54, 1.807) is 0 Å². The van der Waals surface area contributed by atoms with E-state index in [1.165, 1.54) is 0 Å². The van der Waals surface area contributed by atoms with Crippen LogP contribution in [0.1, 0.15) is 6.92 Å². The molecule has 0 saturated heterocycles. The minimum Gasteiger partial charge on any atom is -0.477 e. The van der Waals surface area contributed by atoms with Crippen molar-refractivity contribution in [3.8, 4) is 0 Å². The second-order valence-electron chi connectivity index (χ2n) is 3.98. The first-order chi connectivity index (χ1) is 10.0. The molecule has 0 unspecified atom stereocenters. The van der Waals surface area contributed by atoms with Crippen LogP contribution in [-0.2, 0) is 28.5 Å². The van der Waals surface area contributed by atoms with Gasteiger partial charge in [0, 0.05) is 20.0 Å². The lowest BCUT2D eigenvalue weighted by Gasteiger charge is -2.26. The van der Waals surface area contributed by atoms with Crippen molar-refractivity contribution in [2.45, 2.75) is 12.7 Å². The number of carboxylic acids is 1. The lowest BCUT2D eigenvalue weighted by atomic mass is 10.2. The Hall–Kier alpha value is -1.10. The van der Waals surface area contributed by atoms with Gasteiger partial charge < -0.3 is 35.5 Å². The van der Waals surface area contributed by atoms with E-state index in [1.807, 2.05) is 0 Å². The monoisotopic (exact) mass is 308 g/mol. The molecule has 0 aromatic rings. The molecule has 21 heavy (non-hydrogen) atoms. The zero-order chi connectivity index (χ0) is 16.1. The third kappa shape index (κ3) is 7.46. The fourth-order valence-corrected chi connectivity index (χ4v) is 1.38. The molecular formula is C12H24N2O7. The number of carbonyl (C=O) groups is 2. The number of rotatable bonds is 14. The normalized spacial score (nSPS) is 11.6. The van der Waals surface area contributed by atoms with E-state index >= 15 is 0 Å². The van der Waals surface area contributed by atoms with Crippen LogP contribution in [0.25, 0.3) is 0 Å². The maximum Gasteiger partial charge on any atom is 0.372 e. The van der Waals surface area contributed by atoms with Crippen molar-refractivity contribution in [3.63, 3.8) is 0 Å². The Labute approximate surface area is 123 Å². The molecule has 0 atom stereocenters. The van der Waals surface area contributed by atoms with Crippen LogP contribution in [-0.4, -0.2) is 75.4 Å². The SMILES string of the molecule is CC(=O)C(OCCOCCN)(OCCOCCN)C(=O)O. The highest BCUT2D eigenvalue weighted by Gasteiger charge is 2.46. The van der Waals surface area contributed by atoms with E-state index < -0.39 is 17.5 Å². The summed E-state index contributed by atoms with van der Waals surface area (Å²) in [5, 5.41) is 9.21. The predicted octanol–water partition coefficient (Wildman–Crippen LogP) is -1.66. The summed E-state index contributed by atoms with van der Waals surface area (Å²) >= 11 is 0. The van der Waals surface area contributed by atoms with E-state index in [0.29, 0.717) is 26.3 Å². The van der Waals surface area contributed by atoms with Gasteiger partial charge in [0.1, 0.15) is 0 Å². The Kier molecular flexibility index (Phi) is 10.9. The number of ether oxygens (including phenoxy) is 4. The van der Waals surface area contributed by atoms with Crippen molar-refractivity contribution in [1.29, 1.82) is 0 Å². The average Bonchev–Trinajstić information content (AvgIpc) is 2.44. The molecule has 0 aliphatic carbocycles. The van der Waals surface area contributed by atoms with Gasteiger partial charge in [0.05, 0.1) is 39.6 Å². The van der Waals surface area contributed by atoms with Gasteiger partial charge in [-0.1, -0.05) is 0 Å². The van der Waals surface area contributed by atoms with Crippen molar-refractivity contribution in [2.24, 2.45) is 11.5 Å². The van der Waals surface area contributed by atoms with Crippen LogP contribution in [0.15, 0.2) is 0 Å². The summed E-state index contributed by atoms with van der Waals surface area (Å²) in [6.07, 6.45) is 0. The van der Waals surface area contributed by atoms with Crippen LogP contribution in [0.2, 0.25) is 0 Å². The average molecular weight is 308 g/mol. The number of carbonyl (C=O) groups excluding carboxylic acids is 1. The number of hydrogen-bond donors (Lipinski definition) is 3. The molecule has 0 fully saturated rings. The Bertz CT molecular complexity index is 282. The van der Waals surface area contributed by atoms with Crippen molar-refractivity contribution >= 4 is 11.8 Å². The lowest BCUT2D eigenvalue weighted by Crippen LogP contribution is -2.51. The van der Waals surface area contributed by atoms with Crippen LogP contribution in [0.4, 0.5) is 0 Å². The van der Waals surface area contributed by atoms with Crippen LogP contribution in [0.3, 0.4) is 0 Å². The molecule has 0 aromatic heterocycles. The van der Waals surface area contributed by atoms with E-state index in [9.17, 15) is 14.7 Å². The van der Waals surface area contributed by atoms with E-state index in [4.69, 9.17) is 30.4 Å². The summed E-state index contributed by atoms with van der Waals surface area (Å²) in [5.74, 6) is -4.64. The van der Waals surface area contributed by atoms with E-state index in [-0.39, 0.29) is 26.4 Å². The molecule has 0 bridgehead atoms. The summed E-state index contributed by atoms with van der Waals surface area (Å²) in [6, 6.07) is 0. The highest BCUT2D eigenvalue weighted by molar-refractivity contribution is 6.03. The zero-order valence-corrected chi connectivity index (χ0v) is 12.2. The third-order valence-corrected chi connectivity index (χ3v) is 2.34. The van der Waals surface area contributed by atoms with Gasteiger partial charge in [-0.05, 0) is 0 Å². The van der Waals surface area contributed by atoms with Crippen molar-refractivity contribution in [2.75, 3.05) is 52.7 Å².